The maximum atomic E-state index is 13.1. The predicted octanol–water partition coefficient (Wildman–Crippen LogP) is 5.64. The van der Waals surface area contributed by atoms with E-state index in [4.69, 9.17) is 20.8 Å². The molecule has 0 spiro atoms. The number of esters is 1. The van der Waals surface area contributed by atoms with E-state index >= 15 is 0 Å². The Bertz CT molecular complexity index is 1240. The number of carbonyl (C=O) groups is 1. The van der Waals surface area contributed by atoms with Crippen molar-refractivity contribution >= 4 is 28.5 Å². The molecular formula is C23H15ClO4. The minimum Gasteiger partial charge on any atom is -0.452 e. The van der Waals surface area contributed by atoms with Crippen LogP contribution in [0.25, 0.3) is 22.3 Å². The van der Waals surface area contributed by atoms with Gasteiger partial charge in [0.05, 0.1) is 10.9 Å². The molecule has 28 heavy (non-hydrogen) atoms. The lowest BCUT2D eigenvalue weighted by molar-refractivity contribution is 0.0730. The number of hydrogen-bond acceptors (Lipinski definition) is 4. The van der Waals surface area contributed by atoms with Crippen LogP contribution in [0, 0.1) is 6.92 Å². The zero-order valence-corrected chi connectivity index (χ0v) is 15.7. The summed E-state index contributed by atoms with van der Waals surface area (Å²) >= 11 is 5.97. The number of ether oxygens (including phenoxy) is 1. The fraction of sp³-hybridized carbons (Fsp3) is 0.0435. The fourth-order valence-corrected chi connectivity index (χ4v) is 3.08. The Morgan fingerprint density at radius 1 is 0.929 bits per heavy atom. The number of carbonyl (C=O) groups excluding carboxylic acids is 1. The molecule has 4 aromatic rings. The molecule has 0 bridgehead atoms. The summed E-state index contributed by atoms with van der Waals surface area (Å²) in [7, 11) is 0. The molecule has 1 heterocycles. The van der Waals surface area contributed by atoms with Gasteiger partial charge in [0, 0.05) is 10.6 Å². The monoisotopic (exact) mass is 390 g/mol. The average Bonchev–Trinajstić information content (AvgIpc) is 2.71. The third-order valence-electron chi connectivity index (χ3n) is 4.42. The molecule has 0 amide bonds. The quantitative estimate of drug-likeness (QED) is 0.425. The summed E-state index contributed by atoms with van der Waals surface area (Å²) in [4.78, 5) is 25.8. The van der Waals surface area contributed by atoms with Gasteiger partial charge >= 0.3 is 5.97 Å². The van der Waals surface area contributed by atoms with E-state index in [-0.39, 0.29) is 11.5 Å². The number of hydrogen-bond donors (Lipinski definition) is 0. The Labute approximate surface area is 166 Å². The fourth-order valence-electron chi connectivity index (χ4n) is 2.96. The first-order chi connectivity index (χ1) is 13.5. The molecule has 0 radical (unpaired) electrons. The van der Waals surface area contributed by atoms with Crippen LogP contribution < -0.4 is 10.2 Å². The van der Waals surface area contributed by atoms with Crippen LogP contribution in [0.2, 0.25) is 5.02 Å². The number of benzene rings is 3. The number of para-hydroxylation sites is 1. The molecule has 0 aliphatic carbocycles. The highest BCUT2D eigenvalue weighted by molar-refractivity contribution is 6.30. The Morgan fingerprint density at radius 3 is 2.36 bits per heavy atom. The van der Waals surface area contributed by atoms with Gasteiger partial charge in [-0.25, -0.2) is 4.79 Å². The van der Waals surface area contributed by atoms with Crippen LogP contribution in [-0.2, 0) is 0 Å². The first-order valence-electron chi connectivity index (χ1n) is 8.64. The highest BCUT2D eigenvalue weighted by atomic mass is 35.5. The molecule has 0 unspecified atom stereocenters. The van der Waals surface area contributed by atoms with Crippen molar-refractivity contribution in [2.24, 2.45) is 0 Å². The summed E-state index contributed by atoms with van der Waals surface area (Å²) in [5, 5.41) is 0.887. The minimum absolute atomic E-state index is 0.144. The first-order valence-corrected chi connectivity index (χ1v) is 9.02. The van der Waals surface area contributed by atoms with Gasteiger partial charge in [-0.3, -0.25) is 4.79 Å². The van der Waals surface area contributed by atoms with Gasteiger partial charge in [-0.1, -0.05) is 41.9 Å². The highest BCUT2D eigenvalue weighted by Crippen LogP contribution is 2.32. The zero-order chi connectivity index (χ0) is 19.7. The van der Waals surface area contributed by atoms with E-state index in [2.05, 4.69) is 0 Å². The second kappa shape index (κ2) is 7.33. The standard InChI is InChI=1S/C23H15ClO4/c1-14-6-2-3-7-17(14)23(26)28-22-20(25)18-8-4-5-9-19(18)27-21(22)15-10-12-16(24)13-11-15/h2-13H,1H3. The SMILES string of the molecule is Cc1ccccc1C(=O)Oc1c(-c2ccc(Cl)cc2)oc2ccccc2c1=O. The predicted molar refractivity (Wildman–Crippen MR) is 109 cm³/mol. The molecule has 0 aliphatic heterocycles. The van der Waals surface area contributed by atoms with Crippen molar-refractivity contribution in [1.82, 2.24) is 0 Å². The van der Waals surface area contributed by atoms with E-state index in [0.29, 0.717) is 27.1 Å². The van der Waals surface area contributed by atoms with Crippen molar-refractivity contribution < 1.29 is 13.9 Å². The van der Waals surface area contributed by atoms with E-state index in [1.807, 2.05) is 6.07 Å². The lowest BCUT2D eigenvalue weighted by atomic mass is 10.1. The van der Waals surface area contributed by atoms with Gasteiger partial charge in [0.15, 0.2) is 5.76 Å². The molecule has 0 saturated heterocycles. The van der Waals surface area contributed by atoms with Gasteiger partial charge in [0.1, 0.15) is 5.58 Å². The molecule has 4 rings (SSSR count). The van der Waals surface area contributed by atoms with Gasteiger partial charge < -0.3 is 9.15 Å². The van der Waals surface area contributed by atoms with Crippen LogP contribution in [0.4, 0.5) is 0 Å². The topological polar surface area (TPSA) is 56.5 Å². The molecule has 4 nitrogen and oxygen atoms in total. The molecule has 5 heteroatoms. The second-order valence-corrected chi connectivity index (χ2v) is 6.73. The van der Waals surface area contributed by atoms with E-state index < -0.39 is 11.4 Å². The van der Waals surface area contributed by atoms with Crippen molar-refractivity contribution in [1.29, 1.82) is 0 Å². The van der Waals surface area contributed by atoms with E-state index in [1.54, 1.807) is 73.7 Å². The summed E-state index contributed by atoms with van der Waals surface area (Å²) < 4.78 is 11.5. The Balaban J connectivity index is 1.90. The van der Waals surface area contributed by atoms with Crippen molar-refractivity contribution in [2.75, 3.05) is 0 Å². The van der Waals surface area contributed by atoms with Gasteiger partial charge in [-0.15, -0.1) is 0 Å². The van der Waals surface area contributed by atoms with Crippen molar-refractivity contribution in [3.8, 4) is 17.1 Å². The van der Waals surface area contributed by atoms with Crippen molar-refractivity contribution in [3.63, 3.8) is 0 Å². The van der Waals surface area contributed by atoms with E-state index in [1.165, 1.54) is 0 Å². The van der Waals surface area contributed by atoms with Crippen LogP contribution in [0.15, 0.2) is 82.0 Å². The first kappa shape index (κ1) is 18.0. The molecule has 1 aromatic heterocycles. The Hall–Kier alpha value is -3.37. The molecule has 0 saturated carbocycles. The molecule has 0 atom stereocenters. The summed E-state index contributed by atoms with van der Waals surface area (Å²) in [5.41, 5.74) is 1.73. The average molecular weight is 391 g/mol. The molecule has 3 aromatic carbocycles. The van der Waals surface area contributed by atoms with Gasteiger partial charge in [0.2, 0.25) is 11.2 Å². The van der Waals surface area contributed by atoms with Crippen molar-refractivity contribution in [3.05, 3.63) is 99.2 Å². The molecule has 138 valence electrons. The summed E-state index contributed by atoms with van der Waals surface area (Å²) in [6.45, 7) is 1.81. The minimum atomic E-state index is -0.615. The molecular weight excluding hydrogens is 376 g/mol. The summed E-state index contributed by atoms with van der Waals surface area (Å²) in [6, 6.07) is 20.6. The number of fused-ring (bicyclic) bond motifs is 1. The van der Waals surface area contributed by atoms with Crippen LogP contribution in [0.5, 0.6) is 5.75 Å². The third-order valence-corrected chi connectivity index (χ3v) is 4.67. The van der Waals surface area contributed by atoms with Crippen molar-refractivity contribution in [2.45, 2.75) is 6.92 Å². The Kier molecular flexibility index (Phi) is 4.72. The third kappa shape index (κ3) is 3.30. The van der Waals surface area contributed by atoms with Crippen LogP contribution >= 0.6 is 11.6 Å². The Morgan fingerprint density at radius 2 is 1.61 bits per heavy atom. The second-order valence-electron chi connectivity index (χ2n) is 6.30. The van der Waals surface area contributed by atoms with Gasteiger partial charge in [-0.2, -0.15) is 0 Å². The van der Waals surface area contributed by atoms with E-state index in [0.717, 1.165) is 5.56 Å². The maximum absolute atomic E-state index is 13.1. The van der Waals surface area contributed by atoms with E-state index in [9.17, 15) is 9.59 Å². The molecule has 0 aliphatic rings. The number of halogens is 1. The lowest BCUT2D eigenvalue weighted by Gasteiger charge is -2.11. The van der Waals surface area contributed by atoms with Gasteiger partial charge in [-0.05, 0) is 55.0 Å². The zero-order valence-electron chi connectivity index (χ0n) is 14.9. The molecule has 0 fully saturated rings. The van der Waals surface area contributed by atoms with Crippen LogP contribution in [0.3, 0.4) is 0 Å². The maximum Gasteiger partial charge on any atom is 0.344 e. The number of aryl methyl sites for hydroxylation is 1. The van der Waals surface area contributed by atoms with Gasteiger partial charge in [0.25, 0.3) is 0 Å². The number of rotatable bonds is 3. The van der Waals surface area contributed by atoms with Crippen LogP contribution in [0.1, 0.15) is 15.9 Å². The largest absolute Gasteiger partial charge is 0.452 e. The van der Waals surface area contributed by atoms with Crippen LogP contribution in [-0.4, -0.2) is 5.97 Å². The smallest absolute Gasteiger partial charge is 0.344 e. The summed E-state index contributed by atoms with van der Waals surface area (Å²) in [5.74, 6) is -0.576. The molecule has 0 N–H and O–H groups in total. The lowest BCUT2D eigenvalue weighted by Crippen LogP contribution is -2.17. The highest BCUT2D eigenvalue weighted by Gasteiger charge is 2.21. The summed E-state index contributed by atoms with van der Waals surface area (Å²) in [6.07, 6.45) is 0. The normalized spacial score (nSPS) is 10.8.